The Labute approximate surface area is 173 Å². The predicted molar refractivity (Wildman–Crippen MR) is 106 cm³/mol. The minimum Gasteiger partial charge on any atom is -0.469 e. The van der Waals surface area contributed by atoms with E-state index in [1.807, 2.05) is 0 Å². The third kappa shape index (κ3) is 3.62. The van der Waals surface area contributed by atoms with Gasteiger partial charge in [-0.25, -0.2) is 8.42 Å². The number of carbonyl (C=O) groups excluding carboxylic acids is 2. The van der Waals surface area contributed by atoms with Gasteiger partial charge in [0.15, 0.2) is 0 Å². The van der Waals surface area contributed by atoms with E-state index < -0.39 is 16.1 Å². The number of ether oxygens (including phenoxy) is 1. The van der Waals surface area contributed by atoms with Gasteiger partial charge in [-0.2, -0.15) is 13.1 Å². The van der Waals surface area contributed by atoms with Crippen molar-refractivity contribution < 1.29 is 22.7 Å². The molecule has 11 heteroatoms. The molecule has 0 spiro atoms. The smallest absolute Gasteiger partial charge is 0.310 e. The van der Waals surface area contributed by atoms with Crippen molar-refractivity contribution in [2.24, 2.45) is 5.92 Å². The van der Waals surface area contributed by atoms with Gasteiger partial charge in [-0.05, 0) is 37.8 Å². The van der Waals surface area contributed by atoms with Crippen molar-refractivity contribution in [2.75, 3.05) is 26.7 Å². The minimum atomic E-state index is -3.90. The average molecular weight is 439 g/mol. The summed E-state index contributed by atoms with van der Waals surface area (Å²) in [6, 6.07) is 4.09. The molecule has 156 valence electrons. The summed E-state index contributed by atoms with van der Waals surface area (Å²) in [6.07, 6.45) is 2.43. The van der Waals surface area contributed by atoms with Gasteiger partial charge >= 0.3 is 5.97 Å². The minimum absolute atomic E-state index is 0.0783. The van der Waals surface area contributed by atoms with Gasteiger partial charge in [-0.15, -0.1) is 0 Å². The summed E-state index contributed by atoms with van der Waals surface area (Å²) in [5.74, 6) is -0.941. The van der Waals surface area contributed by atoms with Crippen LogP contribution in [0.15, 0.2) is 23.1 Å². The predicted octanol–water partition coefficient (Wildman–Crippen LogP) is 1.26. The molecule has 29 heavy (non-hydrogen) atoms. The van der Waals surface area contributed by atoms with Gasteiger partial charge in [-0.1, -0.05) is 6.07 Å². The summed E-state index contributed by atoms with van der Waals surface area (Å²) >= 11 is 0.959. The fourth-order valence-corrected chi connectivity index (χ4v) is 6.54. The second-order valence-electron chi connectivity index (χ2n) is 7.31. The summed E-state index contributed by atoms with van der Waals surface area (Å²) in [4.78, 5) is 26.8. The number of benzene rings is 1. The molecule has 0 N–H and O–H groups in total. The van der Waals surface area contributed by atoms with Crippen LogP contribution >= 0.6 is 11.7 Å². The zero-order chi connectivity index (χ0) is 20.6. The number of hydrogen-bond donors (Lipinski definition) is 0. The van der Waals surface area contributed by atoms with Gasteiger partial charge in [0.05, 0.1) is 24.8 Å². The van der Waals surface area contributed by atoms with Crippen LogP contribution < -0.4 is 0 Å². The first-order chi connectivity index (χ1) is 13.9. The topological polar surface area (TPSA) is 110 Å². The number of sulfonamides is 1. The third-order valence-corrected chi connectivity index (χ3v) is 8.07. The van der Waals surface area contributed by atoms with E-state index in [1.54, 1.807) is 17.0 Å². The molecule has 9 nitrogen and oxygen atoms in total. The number of methoxy groups -OCH3 is 1. The summed E-state index contributed by atoms with van der Waals surface area (Å²) in [5.41, 5.74) is 0.856. The summed E-state index contributed by atoms with van der Waals surface area (Å²) < 4.78 is 41.1. The fourth-order valence-electron chi connectivity index (χ4n) is 4.14. The number of rotatable bonds is 4. The molecule has 2 aliphatic rings. The van der Waals surface area contributed by atoms with Gasteiger partial charge in [0.2, 0.25) is 15.9 Å². The van der Waals surface area contributed by atoms with Gasteiger partial charge in [-0.3, -0.25) is 9.59 Å². The van der Waals surface area contributed by atoms with E-state index in [4.69, 9.17) is 4.74 Å². The van der Waals surface area contributed by atoms with Crippen LogP contribution in [0.4, 0.5) is 0 Å². The first kappa shape index (κ1) is 20.2. The number of likely N-dealkylation sites (tertiary alicyclic amines) is 1. The molecule has 0 unspecified atom stereocenters. The SMILES string of the molecule is COC(=O)[C@@H]1CCCN(C(=O)[C@@H]2CCCN2S(=O)(=O)c2cccc3nsnc23)C1. The number of piperidine rings is 1. The van der Waals surface area contributed by atoms with E-state index in [1.165, 1.54) is 17.5 Å². The summed E-state index contributed by atoms with van der Waals surface area (Å²) in [7, 11) is -2.57. The van der Waals surface area contributed by atoms with E-state index >= 15 is 0 Å². The molecule has 3 heterocycles. The highest BCUT2D eigenvalue weighted by Crippen LogP contribution is 2.31. The van der Waals surface area contributed by atoms with Gasteiger partial charge in [0.25, 0.3) is 0 Å². The number of hydrogen-bond acceptors (Lipinski definition) is 8. The van der Waals surface area contributed by atoms with Crippen LogP contribution in [0.1, 0.15) is 25.7 Å². The van der Waals surface area contributed by atoms with Crippen LogP contribution in [0.25, 0.3) is 11.0 Å². The van der Waals surface area contributed by atoms with E-state index in [0.29, 0.717) is 43.3 Å². The number of amides is 1. The Morgan fingerprint density at radius 1 is 1.17 bits per heavy atom. The standard InChI is InChI=1S/C18H22N4O5S2/c1-27-18(24)12-5-3-9-21(11-12)17(23)14-7-4-10-22(14)29(25,26)15-8-2-6-13-16(15)20-28-19-13/h2,6,8,12,14H,3-5,7,9-11H2,1H3/t12-,14+/m1/s1. The maximum atomic E-state index is 13.4. The van der Waals surface area contributed by atoms with E-state index in [9.17, 15) is 18.0 Å². The first-order valence-corrected chi connectivity index (χ1v) is 11.7. The lowest BCUT2D eigenvalue weighted by molar-refractivity contribution is -0.149. The highest BCUT2D eigenvalue weighted by molar-refractivity contribution is 7.89. The Hall–Kier alpha value is -2.11. The molecule has 0 radical (unpaired) electrons. The van der Waals surface area contributed by atoms with E-state index in [0.717, 1.165) is 11.7 Å². The Balaban J connectivity index is 1.59. The fraction of sp³-hybridized carbons (Fsp3) is 0.556. The molecule has 2 saturated heterocycles. The lowest BCUT2D eigenvalue weighted by atomic mass is 9.97. The number of fused-ring (bicyclic) bond motifs is 1. The first-order valence-electron chi connectivity index (χ1n) is 9.53. The molecular formula is C18H22N4O5S2. The zero-order valence-corrected chi connectivity index (χ0v) is 17.6. The molecule has 1 aromatic carbocycles. The lowest BCUT2D eigenvalue weighted by Crippen LogP contribution is -2.51. The monoisotopic (exact) mass is 438 g/mol. The molecule has 2 atom stereocenters. The van der Waals surface area contributed by atoms with Crippen molar-refractivity contribution in [2.45, 2.75) is 36.6 Å². The van der Waals surface area contributed by atoms with Gasteiger partial charge < -0.3 is 9.64 Å². The molecule has 0 saturated carbocycles. The Morgan fingerprint density at radius 3 is 2.76 bits per heavy atom. The highest BCUT2D eigenvalue weighted by atomic mass is 32.2. The van der Waals surface area contributed by atoms with Crippen LogP contribution in [0, 0.1) is 5.92 Å². The van der Waals surface area contributed by atoms with Gasteiger partial charge in [0.1, 0.15) is 22.0 Å². The number of aromatic nitrogens is 2. The zero-order valence-electron chi connectivity index (χ0n) is 16.0. The number of nitrogens with zero attached hydrogens (tertiary/aromatic N) is 4. The molecule has 1 amide bonds. The molecular weight excluding hydrogens is 416 g/mol. The molecule has 2 aliphatic heterocycles. The van der Waals surface area contributed by atoms with Crippen molar-refractivity contribution in [1.82, 2.24) is 18.0 Å². The van der Waals surface area contributed by atoms with Crippen molar-refractivity contribution in [1.29, 1.82) is 0 Å². The van der Waals surface area contributed by atoms with Crippen molar-refractivity contribution in [3.63, 3.8) is 0 Å². The van der Waals surface area contributed by atoms with Crippen molar-refractivity contribution in [3.8, 4) is 0 Å². The van der Waals surface area contributed by atoms with Crippen molar-refractivity contribution in [3.05, 3.63) is 18.2 Å². The van der Waals surface area contributed by atoms with Crippen LogP contribution in [-0.4, -0.2) is 71.0 Å². The second-order valence-corrected chi connectivity index (χ2v) is 9.70. The molecule has 0 aliphatic carbocycles. The lowest BCUT2D eigenvalue weighted by Gasteiger charge is -2.35. The average Bonchev–Trinajstić information content (AvgIpc) is 3.42. The quantitative estimate of drug-likeness (QED) is 0.661. The maximum absolute atomic E-state index is 13.4. The third-order valence-electron chi connectivity index (χ3n) is 5.59. The Bertz CT molecular complexity index is 1040. The highest BCUT2D eigenvalue weighted by Gasteiger charge is 2.43. The number of esters is 1. The maximum Gasteiger partial charge on any atom is 0.310 e. The molecule has 4 rings (SSSR count). The van der Waals surface area contributed by atoms with E-state index in [-0.39, 0.29) is 35.8 Å². The largest absolute Gasteiger partial charge is 0.469 e. The molecule has 2 aromatic rings. The molecule has 1 aromatic heterocycles. The number of carbonyl (C=O) groups is 2. The normalized spacial score (nSPS) is 23.4. The van der Waals surface area contributed by atoms with Crippen molar-refractivity contribution >= 4 is 44.7 Å². The van der Waals surface area contributed by atoms with Crippen LogP contribution in [-0.2, 0) is 24.3 Å². The molecule has 2 fully saturated rings. The second kappa shape index (κ2) is 7.96. The van der Waals surface area contributed by atoms with Gasteiger partial charge in [0, 0.05) is 19.6 Å². The Morgan fingerprint density at radius 2 is 1.97 bits per heavy atom. The molecule has 0 bridgehead atoms. The van der Waals surface area contributed by atoms with Crippen LogP contribution in [0.5, 0.6) is 0 Å². The Kier molecular flexibility index (Phi) is 5.54. The van der Waals surface area contributed by atoms with Crippen LogP contribution in [0.2, 0.25) is 0 Å². The summed E-state index contributed by atoms with van der Waals surface area (Å²) in [5, 5.41) is 0. The van der Waals surface area contributed by atoms with Crippen LogP contribution in [0.3, 0.4) is 0 Å². The van der Waals surface area contributed by atoms with E-state index in [2.05, 4.69) is 8.75 Å². The summed E-state index contributed by atoms with van der Waals surface area (Å²) in [6.45, 7) is 1.06.